The van der Waals surface area contributed by atoms with Gasteiger partial charge in [0.1, 0.15) is 5.69 Å². The fourth-order valence-corrected chi connectivity index (χ4v) is 3.57. The first kappa shape index (κ1) is 23.4. The van der Waals surface area contributed by atoms with Gasteiger partial charge in [-0.05, 0) is 61.7 Å². The molecule has 2 aromatic carbocycles. The van der Waals surface area contributed by atoms with E-state index < -0.39 is 5.97 Å². The van der Waals surface area contributed by atoms with Crippen LogP contribution in [-0.4, -0.2) is 16.3 Å². The van der Waals surface area contributed by atoms with E-state index in [1.807, 2.05) is 20.8 Å². The lowest BCUT2D eigenvalue weighted by atomic mass is 9.97. The smallest absolute Gasteiger partial charge is 0.371 e. The summed E-state index contributed by atoms with van der Waals surface area (Å²) in [5, 5.41) is 9.17. The monoisotopic (exact) mass is 499 g/mol. The number of halogens is 4. The lowest BCUT2D eigenvalue weighted by Gasteiger charge is -2.14. The van der Waals surface area contributed by atoms with Gasteiger partial charge in [-0.3, -0.25) is 5.43 Å². The third-order valence-electron chi connectivity index (χ3n) is 4.52. The Morgan fingerprint density at radius 1 is 1.06 bits per heavy atom. The second-order valence-electron chi connectivity index (χ2n) is 6.65. The second kappa shape index (κ2) is 9.92. The summed E-state index contributed by atoms with van der Waals surface area (Å²) in [6, 6.07) is 8.37. The van der Waals surface area contributed by atoms with Crippen molar-refractivity contribution in [2.45, 2.75) is 27.4 Å². The number of carbonyl (C=O) groups is 1. The first-order valence-corrected chi connectivity index (χ1v) is 10.5. The minimum Gasteiger partial charge on any atom is -0.452 e. The van der Waals surface area contributed by atoms with E-state index >= 15 is 0 Å². The van der Waals surface area contributed by atoms with Crippen molar-refractivity contribution < 1.29 is 14.1 Å². The number of anilines is 1. The van der Waals surface area contributed by atoms with E-state index in [-0.39, 0.29) is 11.8 Å². The van der Waals surface area contributed by atoms with Gasteiger partial charge in [-0.25, -0.2) is 4.79 Å². The maximum absolute atomic E-state index is 12.1. The quantitative estimate of drug-likeness (QED) is 0.225. The number of ether oxygens (including phenoxy) is 1. The summed E-state index contributed by atoms with van der Waals surface area (Å²) in [5.41, 5.74) is 7.03. The van der Waals surface area contributed by atoms with E-state index in [1.54, 1.807) is 30.3 Å². The molecule has 0 radical (unpaired) electrons. The zero-order valence-electron chi connectivity index (χ0n) is 16.7. The highest BCUT2D eigenvalue weighted by Crippen LogP contribution is 2.39. The molecule has 0 atom stereocenters. The Kier molecular flexibility index (Phi) is 7.49. The molecule has 0 unspecified atom stereocenters. The van der Waals surface area contributed by atoms with Crippen molar-refractivity contribution in [1.29, 1.82) is 0 Å². The molecule has 0 aliphatic rings. The van der Waals surface area contributed by atoms with Gasteiger partial charge in [0, 0.05) is 26.7 Å². The zero-order chi connectivity index (χ0) is 22.7. The first-order valence-electron chi connectivity index (χ1n) is 9.01. The largest absolute Gasteiger partial charge is 0.452 e. The van der Waals surface area contributed by atoms with Crippen LogP contribution < -0.4 is 5.43 Å². The summed E-state index contributed by atoms with van der Waals surface area (Å²) < 4.78 is 10.4. The molecule has 0 saturated carbocycles. The maximum atomic E-state index is 12.1. The van der Waals surface area contributed by atoms with Gasteiger partial charge in [-0.2, -0.15) is 5.10 Å². The minimum absolute atomic E-state index is 0.177. The molecule has 0 bridgehead atoms. The van der Waals surface area contributed by atoms with Gasteiger partial charge < -0.3 is 9.26 Å². The number of hydrazone groups is 1. The SMILES string of the molecule is Cc1c(Cl)c(C)c(-c2cc(COC(=O)/C(Cl)=N/Nc3ccc(Cl)cc3)on2)c(C)c1Cl. The lowest BCUT2D eigenvalue weighted by molar-refractivity contribution is -0.137. The lowest BCUT2D eigenvalue weighted by Crippen LogP contribution is -2.13. The molecule has 3 aromatic rings. The number of nitrogens with one attached hydrogen (secondary N) is 1. The molecule has 0 aliphatic heterocycles. The van der Waals surface area contributed by atoms with E-state index in [9.17, 15) is 4.79 Å². The van der Waals surface area contributed by atoms with Crippen LogP contribution in [0.15, 0.2) is 40.0 Å². The number of carbonyl (C=O) groups excluding carboxylic acids is 1. The van der Waals surface area contributed by atoms with Crippen molar-refractivity contribution in [3.63, 3.8) is 0 Å². The van der Waals surface area contributed by atoms with Crippen molar-refractivity contribution >= 4 is 63.2 Å². The van der Waals surface area contributed by atoms with E-state index in [2.05, 4.69) is 15.7 Å². The summed E-state index contributed by atoms with van der Waals surface area (Å²) in [6.45, 7) is 5.44. The number of esters is 1. The summed E-state index contributed by atoms with van der Waals surface area (Å²) in [4.78, 5) is 12.1. The Bertz CT molecular complexity index is 1130. The zero-order valence-corrected chi connectivity index (χ0v) is 19.7. The average Bonchev–Trinajstić information content (AvgIpc) is 3.22. The molecule has 0 aliphatic carbocycles. The van der Waals surface area contributed by atoms with Crippen molar-refractivity contribution in [2.75, 3.05) is 5.43 Å². The summed E-state index contributed by atoms with van der Waals surface area (Å²) in [7, 11) is 0. The van der Waals surface area contributed by atoms with Gasteiger partial charge >= 0.3 is 5.97 Å². The number of nitrogens with zero attached hydrogens (tertiary/aromatic N) is 2. The Labute approximate surface area is 199 Å². The third-order valence-corrected chi connectivity index (χ3v) is 6.15. The highest BCUT2D eigenvalue weighted by atomic mass is 35.5. The topological polar surface area (TPSA) is 76.7 Å². The molecule has 0 fully saturated rings. The standard InChI is InChI=1S/C21H17Cl4N3O3/c1-10-17(11(2)19(24)12(3)18(10)23)16-8-15(31-28-16)9-30-21(29)20(25)27-26-14-6-4-13(22)5-7-14/h4-8,26H,9H2,1-3H3/b27-20-. The maximum Gasteiger partial charge on any atom is 0.371 e. The van der Waals surface area contributed by atoms with Gasteiger partial charge in [0.25, 0.3) is 0 Å². The molecular formula is C21H17Cl4N3O3. The Balaban J connectivity index is 1.67. The molecule has 31 heavy (non-hydrogen) atoms. The molecule has 1 heterocycles. The normalized spacial score (nSPS) is 11.5. The first-order chi connectivity index (χ1) is 14.7. The van der Waals surface area contributed by atoms with Crippen LogP contribution in [0.3, 0.4) is 0 Å². The number of hydrogen-bond acceptors (Lipinski definition) is 6. The predicted molar refractivity (Wildman–Crippen MR) is 124 cm³/mol. The Morgan fingerprint density at radius 3 is 2.29 bits per heavy atom. The van der Waals surface area contributed by atoms with E-state index in [0.29, 0.717) is 32.2 Å². The van der Waals surface area contributed by atoms with Crippen LogP contribution in [-0.2, 0) is 16.1 Å². The van der Waals surface area contributed by atoms with Crippen LogP contribution in [0.25, 0.3) is 11.3 Å². The summed E-state index contributed by atoms with van der Waals surface area (Å²) in [5.74, 6) is -0.500. The highest BCUT2D eigenvalue weighted by Gasteiger charge is 2.20. The van der Waals surface area contributed by atoms with Crippen molar-refractivity contribution in [1.82, 2.24) is 5.16 Å². The molecule has 0 spiro atoms. The van der Waals surface area contributed by atoms with E-state index in [0.717, 1.165) is 22.3 Å². The van der Waals surface area contributed by atoms with Crippen LogP contribution in [0.4, 0.5) is 5.69 Å². The Morgan fingerprint density at radius 2 is 1.68 bits per heavy atom. The van der Waals surface area contributed by atoms with Gasteiger partial charge in [-0.1, -0.05) is 51.6 Å². The molecule has 3 rings (SSSR count). The van der Waals surface area contributed by atoms with Crippen LogP contribution >= 0.6 is 46.4 Å². The van der Waals surface area contributed by atoms with Crippen LogP contribution in [0.5, 0.6) is 0 Å². The van der Waals surface area contributed by atoms with Crippen LogP contribution in [0, 0.1) is 20.8 Å². The molecule has 1 N–H and O–H groups in total. The van der Waals surface area contributed by atoms with Gasteiger partial charge in [0.15, 0.2) is 12.4 Å². The second-order valence-corrected chi connectivity index (χ2v) is 8.20. The van der Waals surface area contributed by atoms with Gasteiger partial charge in [0.05, 0.1) is 5.69 Å². The fraction of sp³-hybridized carbons (Fsp3) is 0.190. The average molecular weight is 501 g/mol. The van der Waals surface area contributed by atoms with E-state index in [4.69, 9.17) is 55.7 Å². The molecule has 0 amide bonds. The number of rotatable bonds is 6. The van der Waals surface area contributed by atoms with Crippen molar-refractivity contribution in [3.05, 3.63) is 67.9 Å². The van der Waals surface area contributed by atoms with Crippen molar-refractivity contribution in [3.8, 4) is 11.3 Å². The molecule has 162 valence electrons. The summed E-state index contributed by atoms with van der Waals surface area (Å²) in [6.07, 6.45) is 0. The third kappa shape index (κ3) is 5.33. The molecule has 6 nitrogen and oxygen atoms in total. The molecule has 10 heteroatoms. The number of aromatic nitrogens is 1. The van der Waals surface area contributed by atoms with Crippen molar-refractivity contribution in [2.24, 2.45) is 5.10 Å². The molecule has 1 aromatic heterocycles. The molecule has 0 saturated heterocycles. The molecular weight excluding hydrogens is 484 g/mol. The fourth-order valence-electron chi connectivity index (χ4n) is 2.92. The Hall–Kier alpha value is -2.25. The predicted octanol–water partition coefficient (Wildman–Crippen LogP) is 6.93. The van der Waals surface area contributed by atoms with Gasteiger partial charge in [-0.15, -0.1) is 0 Å². The summed E-state index contributed by atoms with van der Waals surface area (Å²) >= 11 is 24.5. The van der Waals surface area contributed by atoms with Gasteiger partial charge in [0.2, 0.25) is 5.17 Å². The van der Waals surface area contributed by atoms with E-state index in [1.165, 1.54) is 0 Å². The number of hydrogen-bond donors (Lipinski definition) is 1. The minimum atomic E-state index is -0.824. The highest BCUT2D eigenvalue weighted by molar-refractivity contribution is 6.82. The van der Waals surface area contributed by atoms with Crippen LogP contribution in [0.2, 0.25) is 15.1 Å². The number of benzene rings is 2. The van der Waals surface area contributed by atoms with Crippen LogP contribution in [0.1, 0.15) is 22.5 Å².